The molecule has 66 valence electrons. The summed E-state index contributed by atoms with van der Waals surface area (Å²) in [4.78, 5) is 10.5. The summed E-state index contributed by atoms with van der Waals surface area (Å²) in [5.41, 5.74) is 5.42. The predicted octanol–water partition coefficient (Wildman–Crippen LogP) is -1.18. The SMILES string of the molecule is C[C@H](O)c1cnnn1CC(N)=O. The normalized spacial score (nSPS) is 12.8. The van der Waals surface area contributed by atoms with Gasteiger partial charge in [0.05, 0.1) is 18.0 Å². The van der Waals surface area contributed by atoms with E-state index in [4.69, 9.17) is 10.8 Å². The van der Waals surface area contributed by atoms with Crippen molar-refractivity contribution in [1.29, 1.82) is 0 Å². The van der Waals surface area contributed by atoms with Crippen LogP contribution in [-0.2, 0) is 11.3 Å². The minimum atomic E-state index is -0.695. The van der Waals surface area contributed by atoms with E-state index in [0.29, 0.717) is 5.69 Å². The van der Waals surface area contributed by atoms with Crippen molar-refractivity contribution in [2.24, 2.45) is 5.73 Å². The lowest BCUT2D eigenvalue weighted by Crippen LogP contribution is -2.21. The van der Waals surface area contributed by atoms with Crippen molar-refractivity contribution in [3.63, 3.8) is 0 Å². The van der Waals surface area contributed by atoms with E-state index in [1.54, 1.807) is 6.92 Å². The van der Waals surface area contributed by atoms with Crippen molar-refractivity contribution < 1.29 is 9.90 Å². The molecule has 0 aromatic carbocycles. The Bertz CT molecular complexity index is 281. The highest BCUT2D eigenvalue weighted by atomic mass is 16.3. The van der Waals surface area contributed by atoms with E-state index in [9.17, 15) is 4.79 Å². The van der Waals surface area contributed by atoms with Gasteiger partial charge in [-0.2, -0.15) is 0 Å². The van der Waals surface area contributed by atoms with Gasteiger partial charge >= 0.3 is 0 Å². The zero-order valence-corrected chi connectivity index (χ0v) is 6.64. The Kier molecular flexibility index (Phi) is 2.39. The summed E-state index contributed by atoms with van der Waals surface area (Å²) in [6.07, 6.45) is 0.701. The van der Waals surface area contributed by atoms with Crippen molar-refractivity contribution >= 4 is 5.91 Å². The molecule has 1 rings (SSSR count). The second-order valence-corrected chi connectivity index (χ2v) is 2.46. The van der Waals surface area contributed by atoms with Gasteiger partial charge in [-0.25, -0.2) is 4.68 Å². The predicted molar refractivity (Wildman–Crippen MR) is 39.9 cm³/mol. The summed E-state index contributed by atoms with van der Waals surface area (Å²) in [7, 11) is 0. The Labute approximate surface area is 69.0 Å². The summed E-state index contributed by atoms with van der Waals surface area (Å²) >= 11 is 0. The molecule has 1 amide bonds. The molecule has 0 aliphatic carbocycles. The molecule has 1 atom stereocenters. The third-order valence-electron chi connectivity index (χ3n) is 1.38. The van der Waals surface area contributed by atoms with Crippen LogP contribution >= 0.6 is 0 Å². The van der Waals surface area contributed by atoms with Crippen molar-refractivity contribution in [1.82, 2.24) is 15.0 Å². The van der Waals surface area contributed by atoms with Gasteiger partial charge in [0.15, 0.2) is 0 Å². The minimum Gasteiger partial charge on any atom is -0.387 e. The average Bonchev–Trinajstić information content (AvgIpc) is 2.33. The van der Waals surface area contributed by atoms with Crippen molar-refractivity contribution in [2.45, 2.75) is 19.6 Å². The fourth-order valence-electron chi connectivity index (χ4n) is 0.860. The highest BCUT2D eigenvalue weighted by Gasteiger charge is 2.10. The van der Waals surface area contributed by atoms with Crippen molar-refractivity contribution in [2.75, 3.05) is 0 Å². The lowest BCUT2D eigenvalue weighted by molar-refractivity contribution is -0.118. The fourth-order valence-corrected chi connectivity index (χ4v) is 0.860. The third-order valence-corrected chi connectivity index (χ3v) is 1.38. The number of aromatic nitrogens is 3. The largest absolute Gasteiger partial charge is 0.387 e. The maximum atomic E-state index is 10.5. The quantitative estimate of drug-likeness (QED) is 0.596. The van der Waals surface area contributed by atoms with Crippen LogP contribution in [0.4, 0.5) is 0 Å². The molecule has 0 bridgehead atoms. The molecule has 6 heteroatoms. The standard InChI is InChI=1S/C6H10N4O2/c1-4(11)5-2-8-9-10(5)3-6(7)12/h2,4,11H,3H2,1H3,(H2,7,12)/t4-/m0/s1. The summed E-state index contributed by atoms with van der Waals surface area (Å²) in [6.45, 7) is 1.51. The number of aliphatic hydroxyl groups is 1. The van der Waals surface area contributed by atoms with Crippen LogP contribution < -0.4 is 5.73 Å². The van der Waals surface area contributed by atoms with Gasteiger partial charge in [-0.05, 0) is 6.92 Å². The molecule has 1 aromatic heterocycles. The minimum absolute atomic E-state index is 0.0553. The number of nitrogens with two attached hydrogens (primary N) is 1. The molecule has 0 saturated carbocycles. The van der Waals surface area contributed by atoms with Crippen molar-refractivity contribution in [3.05, 3.63) is 11.9 Å². The van der Waals surface area contributed by atoms with Crippen molar-refractivity contribution in [3.8, 4) is 0 Å². The number of hydrogen-bond donors (Lipinski definition) is 2. The summed E-state index contributed by atoms with van der Waals surface area (Å²) in [5, 5.41) is 16.3. The Morgan fingerprint density at radius 2 is 2.58 bits per heavy atom. The first kappa shape index (κ1) is 8.66. The van der Waals surface area contributed by atoms with E-state index in [1.807, 2.05) is 0 Å². The lowest BCUT2D eigenvalue weighted by Gasteiger charge is -2.04. The zero-order valence-electron chi connectivity index (χ0n) is 6.64. The van der Waals surface area contributed by atoms with Gasteiger partial charge in [0.2, 0.25) is 5.91 Å². The third kappa shape index (κ3) is 1.79. The summed E-state index contributed by atoms with van der Waals surface area (Å²) < 4.78 is 1.27. The van der Waals surface area contributed by atoms with Gasteiger partial charge in [0.25, 0.3) is 0 Å². The number of aliphatic hydroxyl groups excluding tert-OH is 1. The number of rotatable bonds is 3. The number of primary amides is 1. The number of nitrogens with zero attached hydrogens (tertiary/aromatic N) is 3. The second-order valence-electron chi connectivity index (χ2n) is 2.46. The number of carbonyl (C=O) groups excluding carboxylic acids is 1. The Morgan fingerprint density at radius 1 is 1.92 bits per heavy atom. The highest BCUT2D eigenvalue weighted by molar-refractivity contribution is 5.73. The molecule has 0 aliphatic rings. The number of carbonyl (C=O) groups is 1. The van der Waals surface area contributed by atoms with Crippen LogP contribution in [0.2, 0.25) is 0 Å². The zero-order chi connectivity index (χ0) is 9.14. The molecular formula is C6H10N4O2. The van der Waals surface area contributed by atoms with Crippen LogP contribution in [0.15, 0.2) is 6.20 Å². The monoisotopic (exact) mass is 170 g/mol. The lowest BCUT2D eigenvalue weighted by atomic mass is 10.3. The molecule has 3 N–H and O–H groups in total. The Balaban J connectivity index is 2.84. The summed E-state index contributed by atoms with van der Waals surface area (Å²) in [6, 6.07) is 0. The van der Waals surface area contributed by atoms with Gasteiger partial charge in [-0.1, -0.05) is 5.21 Å². The van der Waals surface area contributed by atoms with Crippen LogP contribution in [0.1, 0.15) is 18.7 Å². The maximum absolute atomic E-state index is 10.5. The smallest absolute Gasteiger partial charge is 0.239 e. The molecule has 1 heterocycles. The van der Waals surface area contributed by atoms with E-state index in [0.717, 1.165) is 0 Å². The van der Waals surface area contributed by atoms with Gasteiger partial charge in [-0.3, -0.25) is 4.79 Å². The van der Waals surface area contributed by atoms with Crippen LogP contribution in [0.3, 0.4) is 0 Å². The molecule has 0 spiro atoms. The molecule has 0 saturated heterocycles. The van der Waals surface area contributed by atoms with E-state index in [2.05, 4.69) is 10.3 Å². The van der Waals surface area contributed by atoms with E-state index < -0.39 is 12.0 Å². The Morgan fingerprint density at radius 3 is 3.08 bits per heavy atom. The van der Waals surface area contributed by atoms with E-state index >= 15 is 0 Å². The highest BCUT2D eigenvalue weighted by Crippen LogP contribution is 2.08. The van der Waals surface area contributed by atoms with Gasteiger partial charge < -0.3 is 10.8 Å². The van der Waals surface area contributed by atoms with E-state index in [-0.39, 0.29) is 6.54 Å². The number of amides is 1. The molecule has 0 aliphatic heterocycles. The molecular weight excluding hydrogens is 160 g/mol. The first-order chi connectivity index (χ1) is 5.61. The van der Waals surface area contributed by atoms with Crippen LogP contribution in [0.25, 0.3) is 0 Å². The van der Waals surface area contributed by atoms with Crippen LogP contribution in [0.5, 0.6) is 0 Å². The molecule has 0 fully saturated rings. The van der Waals surface area contributed by atoms with Crippen LogP contribution in [0, 0.1) is 0 Å². The molecule has 6 nitrogen and oxygen atoms in total. The first-order valence-electron chi connectivity index (χ1n) is 3.46. The van der Waals surface area contributed by atoms with Gasteiger partial charge in [-0.15, -0.1) is 5.10 Å². The van der Waals surface area contributed by atoms with Crippen LogP contribution in [-0.4, -0.2) is 26.0 Å². The summed E-state index contributed by atoms with van der Waals surface area (Å²) in [5.74, 6) is -0.512. The molecule has 1 aromatic rings. The average molecular weight is 170 g/mol. The van der Waals surface area contributed by atoms with Gasteiger partial charge in [0.1, 0.15) is 6.54 Å². The molecule has 0 unspecified atom stereocenters. The second kappa shape index (κ2) is 3.31. The Hall–Kier alpha value is -1.43. The maximum Gasteiger partial charge on any atom is 0.239 e. The molecule has 0 radical (unpaired) electrons. The first-order valence-corrected chi connectivity index (χ1v) is 3.46. The van der Waals surface area contributed by atoms with E-state index in [1.165, 1.54) is 10.9 Å². The van der Waals surface area contributed by atoms with Gasteiger partial charge in [0, 0.05) is 0 Å². The fraction of sp³-hybridized carbons (Fsp3) is 0.500. The number of hydrogen-bond acceptors (Lipinski definition) is 4. The molecule has 12 heavy (non-hydrogen) atoms. The topological polar surface area (TPSA) is 94.0 Å².